The second kappa shape index (κ2) is 8.28. The molecule has 0 radical (unpaired) electrons. The maximum Gasteiger partial charge on any atom is 0.314 e. The maximum atomic E-state index is 11.9. The molecule has 0 aliphatic rings. The average molecular weight is 310 g/mol. The minimum atomic E-state index is -1.02. The molecule has 23 heavy (non-hydrogen) atoms. The van der Waals surface area contributed by atoms with Crippen LogP contribution < -0.4 is 0 Å². The van der Waals surface area contributed by atoms with Gasteiger partial charge in [0.2, 0.25) is 0 Å². The number of benzene rings is 2. The van der Waals surface area contributed by atoms with Crippen LogP contribution in [0.1, 0.15) is 43.2 Å². The molecule has 0 aliphatic heterocycles. The Labute approximate surface area is 137 Å². The highest BCUT2D eigenvalue weighted by Crippen LogP contribution is 2.30. The number of carboxylic acids is 1. The molecule has 0 bridgehead atoms. The van der Waals surface area contributed by atoms with Crippen molar-refractivity contribution >= 4 is 11.8 Å². The molecule has 3 heteroatoms. The van der Waals surface area contributed by atoms with E-state index in [-0.39, 0.29) is 18.1 Å². The van der Waals surface area contributed by atoms with Crippen LogP contribution in [0, 0.1) is 5.92 Å². The van der Waals surface area contributed by atoms with Gasteiger partial charge < -0.3 is 5.11 Å². The largest absolute Gasteiger partial charge is 0.481 e. The number of hydrogen-bond donors (Lipinski definition) is 1. The molecule has 1 N–H and O–H groups in total. The molecule has 0 amide bonds. The number of ketones is 1. The molecule has 0 saturated heterocycles. The van der Waals surface area contributed by atoms with Gasteiger partial charge in [-0.1, -0.05) is 67.6 Å². The zero-order valence-electron chi connectivity index (χ0n) is 13.3. The molecule has 0 heterocycles. The topological polar surface area (TPSA) is 54.4 Å². The second-order valence-corrected chi connectivity index (χ2v) is 5.66. The van der Waals surface area contributed by atoms with Crippen molar-refractivity contribution in [1.29, 1.82) is 0 Å². The summed E-state index contributed by atoms with van der Waals surface area (Å²) in [6.07, 6.45) is 1.26. The lowest BCUT2D eigenvalue weighted by Crippen LogP contribution is -2.23. The first-order valence-corrected chi connectivity index (χ1v) is 7.99. The summed E-state index contributed by atoms with van der Waals surface area (Å²) in [6.45, 7) is 1.71. The monoisotopic (exact) mass is 310 g/mol. The Hall–Kier alpha value is -2.42. The van der Waals surface area contributed by atoms with Crippen LogP contribution in [0.5, 0.6) is 0 Å². The first-order valence-electron chi connectivity index (χ1n) is 7.99. The quantitative estimate of drug-likeness (QED) is 0.740. The summed E-state index contributed by atoms with van der Waals surface area (Å²) >= 11 is 0. The number of aliphatic carboxylic acids is 1. The predicted octanol–water partition coefficient (Wildman–Crippen LogP) is 4.28. The molecule has 0 spiro atoms. The van der Waals surface area contributed by atoms with E-state index in [0.717, 1.165) is 11.1 Å². The van der Waals surface area contributed by atoms with Gasteiger partial charge in [0.15, 0.2) is 0 Å². The number of carbonyl (C=O) groups excluding carboxylic acids is 1. The van der Waals surface area contributed by atoms with Gasteiger partial charge in [-0.05, 0) is 24.0 Å². The summed E-state index contributed by atoms with van der Waals surface area (Å²) in [7, 11) is 0. The van der Waals surface area contributed by atoms with Crippen LogP contribution in [0.2, 0.25) is 0 Å². The van der Waals surface area contributed by atoms with Gasteiger partial charge >= 0.3 is 5.97 Å². The van der Waals surface area contributed by atoms with Crippen LogP contribution in [-0.2, 0) is 9.59 Å². The van der Waals surface area contributed by atoms with E-state index in [0.29, 0.717) is 12.8 Å². The lowest BCUT2D eigenvalue weighted by atomic mass is 9.84. The van der Waals surface area contributed by atoms with E-state index in [1.54, 1.807) is 6.92 Å². The van der Waals surface area contributed by atoms with Gasteiger partial charge in [-0.25, -0.2) is 0 Å². The summed E-state index contributed by atoms with van der Waals surface area (Å²) < 4.78 is 0. The predicted molar refractivity (Wildman–Crippen MR) is 90.4 cm³/mol. The van der Waals surface area contributed by atoms with Gasteiger partial charge in [0.25, 0.3) is 0 Å². The van der Waals surface area contributed by atoms with Crippen molar-refractivity contribution < 1.29 is 14.7 Å². The molecule has 120 valence electrons. The number of Topliss-reactive ketones (excluding diaryl/α,β-unsaturated/α-hetero) is 1. The van der Waals surface area contributed by atoms with E-state index < -0.39 is 11.9 Å². The van der Waals surface area contributed by atoms with Gasteiger partial charge in [0.05, 0.1) is 0 Å². The first-order chi connectivity index (χ1) is 11.1. The number of rotatable bonds is 8. The van der Waals surface area contributed by atoms with Gasteiger partial charge in [-0.3, -0.25) is 9.59 Å². The van der Waals surface area contributed by atoms with E-state index >= 15 is 0 Å². The third kappa shape index (κ3) is 4.52. The Balaban J connectivity index is 2.22. The maximum absolute atomic E-state index is 11.9. The Morgan fingerprint density at radius 3 is 1.74 bits per heavy atom. The fourth-order valence-electron chi connectivity index (χ4n) is 2.90. The molecule has 0 fully saturated rings. The minimum Gasteiger partial charge on any atom is -0.481 e. The van der Waals surface area contributed by atoms with Gasteiger partial charge in [0, 0.05) is 12.3 Å². The van der Waals surface area contributed by atoms with Crippen molar-refractivity contribution in [3.63, 3.8) is 0 Å². The first kappa shape index (κ1) is 16.9. The summed E-state index contributed by atoms with van der Waals surface area (Å²) in [5.74, 6) is -2.02. The van der Waals surface area contributed by atoms with Crippen molar-refractivity contribution in [2.45, 2.75) is 32.1 Å². The van der Waals surface area contributed by atoms with Crippen LogP contribution in [0.3, 0.4) is 0 Å². The summed E-state index contributed by atoms with van der Waals surface area (Å²) in [6, 6.07) is 20.1. The van der Waals surface area contributed by atoms with Crippen molar-refractivity contribution in [2.75, 3.05) is 0 Å². The Morgan fingerprint density at radius 2 is 1.35 bits per heavy atom. The summed E-state index contributed by atoms with van der Waals surface area (Å²) in [5.41, 5.74) is 2.29. The van der Waals surface area contributed by atoms with Gasteiger partial charge in [-0.15, -0.1) is 0 Å². The average Bonchev–Trinajstić information content (AvgIpc) is 2.59. The molecule has 2 aromatic carbocycles. The van der Waals surface area contributed by atoms with Gasteiger partial charge in [-0.2, -0.15) is 0 Å². The highest BCUT2D eigenvalue weighted by Gasteiger charge is 2.26. The van der Waals surface area contributed by atoms with Crippen molar-refractivity contribution in [1.82, 2.24) is 0 Å². The second-order valence-electron chi connectivity index (χ2n) is 5.66. The van der Waals surface area contributed by atoms with Crippen LogP contribution >= 0.6 is 0 Å². The number of carbonyl (C=O) groups is 2. The van der Waals surface area contributed by atoms with Crippen molar-refractivity contribution in [2.24, 2.45) is 5.92 Å². The zero-order valence-corrected chi connectivity index (χ0v) is 13.3. The van der Waals surface area contributed by atoms with Crippen LogP contribution in [0.25, 0.3) is 0 Å². The molecular formula is C20H22O3. The smallest absolute Gasteiger partial charge is 0.314 e. The molecule has 0 saturated carbocycles. The standard InChI is InChI=1S/C20H22O3/c1-2-19(21)18(20(22)23)14-13-17(15-9-5-3-6-10-15)16-11-7-4-8-12-16/h3-12,17-18H,2,13-14H2,1H3,(H,22,23). The van der Waals surface area contributed by atoms with Crippen LogP contribution in [0.15, 0.2) is 60.7 Å². The molecule has 3 nitrogen and oxygen atoms in total. The molecule has 0 aromatic heterocycles. The molecule has 2 rings (SSSR count). The zero-order chi connectivity index (χ0) is 16.7. The fraction of sp³-hybridized carbons (Fsp3) is 0.300. The van der Waals surface area contributed by atoms with Crippen molar-refractivity contribution in [3.05, 3.63) is 71.8 Å². The molecule has 1 atom stereocenters. The number of carboxylic acid groups (broad SMARTS) is 1. The van der Waals surface area contributed by atoms with E-state index in [4.69, 9.17) is 0 Å². The lowest BCUT2D eigenvalue weighted by Gasteiger charge is -2.20. The highest BCUT2D eigenvalue weighted by molar-refractivity contribution is 5.97. The summed E-state index contributed by atoms with van der Waals surface area (Å²) in [4.78, 5) is 23.2. The molecule has 2 aromatic rings. The molecule has 1 unspecified atom stereocenters. The fourth-order valence-corrected chi connectivity index (χ4v) is 2.90. The third-order valence-electron chi connectivity index (χ3n) is 4.18. The van der Waals surface area contributed by atoms with E-state index in [9.17, 15) is 14.7 Å². The summed E-state index contributed by atoms with van der Waals surface area (Å²) in [5, 5.41) is 9.31. The van der Waals surface area contributed by atoms with Crippen molar-refractivity contribution in [3.8, 4) is 0 Å². The molecular weight excluding hydrogens is 288 g/mol. The molecule has 0 aliphatic carbocycles. The Morgan fingerprint density at radius 1 is 0.870 bits per heavy atom. The third-order valence-corrected chi connectivity index (χ3v) is 4.18. The van der Waals surface area contributed by atoms with E-state index in [1.807, 2.05) is 36.4 Å². The Bertz CT molecular complexity index is 595. The lowest BCUT2D eigenvalue weighted by molar-refractivity contribution is -0.146. The highest BCUT2D eigenvalue weighted by atomic mass is 16.4. The van der Waals surface area contributed by atoms with Crippen LogP contribution in [-0.4, -0.2) is 16.9 Å². The SMILES string of the molecule is CCC(=O)C(CCC(c1ccccc1)c1ccccc1)C(=O)O. The van der Waals surface area contributed by atoms with Crippen LogP contribution in [0.4, 0.5) is 0 Å². The van der Waals surface area contributed by atoms with E-state index in [1.165, 1.54) is 0 Å². The minimum absolute atomic E-state index is 0.101. The number of hydrogen-bond acceptors (Lipinski definition) is 2. The Kier molecular flexibility index (Phi) is 6.10. The normalized spacial score (nSPS) is 12.1. The van der Waals surface area contributed by atoms with Gasteiger partial charge in [0.1, 0.15) is 11.7 Å². The van der Waals surface area contributed by atoms with E-state index in [2.05, 4.69) is 24.3 Å².